The molecular formula is C10H17F3N2O. The molecule has 1 amide bonds. The van der Waals surface area contributed by atoms with E-state index in [2.05, 4.69) is 5.32 Å². The van der Waals surface area contributed by atoms with Crippen LogP contribution in [0.1, 0.15) is 27.2 Å². The highest BCUT2D eigenvalue weighted by atomic mass is 19.4. The summed E-state index contributed by atoms with van der Waals surface area (Å²) in [6.45, 7) is 5.18. The fourth-order valence-corrected chi connectivity index (χ4v) is 1.82. The molecule has 94 valence electrons. The van der Waals surface area contributed by atoms with Crippen LogP contribution in [0.4, 0.5) is 13.2 Å². The number of carbonyl (C=O) groups excluding carboxylic acids is 1. The Bertz CT molecular complexity index is 265. The second kappa shape index (κ2) is 4.61. The summed E-state index contributed by atoms with van der Waals surface area (Å²) in [5, 5.41) is 3.00. The van der Waals surface area contributed by atoms with Gasteiger partial charge in [-0.25, -0.2) is 0 Å². The molecule has 0 aliphatic carbocycles. The van der Waals surface area contributed by atoms with Crippen molar-refractivity contribution < 1.29 is 18.0 Å². The van der Waals surface area contributed by atoms with E-state index in [4.69, 9.17) is 0 Å². The monoisotopic (exact) mass is 238 g/mol. The lowest BCUT2D eigenvalue weighted by atomic mass is 10.1. The van der Waals surface area contributed by atoms with Crippen LogP contribution in [0.2, 0.25) is 0 Å². The molecule has 2 unspecified atom stereocenters. The molecule has 1 heterocycles. The summed E-state index contributed by atoms with van der Waals surface area (Å²) in [7, 11) is 0. The number of nitrogens with one attached hydrogen (secondary N) is 1. The fourth-order valence-electron chi connectivity index (χ4n) is 1.82. The van der Waals surface area contributed by atoms with Gasteiger partial charge >= 0.3 is 6.18 Å². The lowest BCUT2D eigenvalue weighted by molar-refractivity contribution is -0.145. The smallest absolute Gasteiger partial charge is 0.326 e. The quantitative estimate of drug-likeness (QED) is 0.812. The van der Waals surface area contributed by atoms with Crippen LogP contribution in [0.25, 0.3) is 0 Å². The van der Waals surface area contributed by atoms with E-state index in [0.29, 0.717) is 0 Å². The summed E-state index contributed by atoms with van der Waals surface area (Å²) < 4.78 is 36.2. The number of carbonyl (C=O) groups is 1. The van der Waals surface area contributed by atoms with E-state index in [-0.39, 0.29) is 30.6 Å². The first-order valence-electron chi connectivity index (χ1n) is 5.35. The van der Waals surface area contributed by atoms with Gasteiger partial charge in [-0.1, -0.05) is 13.8 Å². The van der Waals surface area contributed by atoms with E-state index in [1.165, 1.54) is 4.90 Å². The Morgan fingerprint density at radius 3 is 2.38 bits per heavy atom. The molecule has 3 nitrogen and oxygen atoms in total. The second-order valence-corrected chi connectivity index (χ2v) is 4.46. The topological polar surface area (TPSA) is 32.3 Å². The number of hydrogen-bond donors (Lipinski definition) is 1. The number of amides is 1. The van der Waals surface area contributed by atoms with Gasteiger partial charge in [-0.15, -0.1) is 0 Å². The minimum Gasteiger partial charge on any atom is -0.326 e. The number of halogens is 3. The highest BCUT2D eigenvalue weighted by molar-refractivity contribution is 5.84. The van der Waals surface area contributed by atoms with Gasteiger partial charge in [0.25, 0.3) is 0 Å². The highest BCUT2D eigenvalue weighted by Crippen LogP contribution is 2.23. The van der Waals surface area contributed by atoms with E-state index in [1.807, 2.05) is 13.8 Å². The lowest BCUT2D eigenvalue weighted by Gasteiger charge is -2.21. The van der Waals surface area contributed by atoms with Crippen molar-refractivity contribution in [3.05, 3.63) is 0 Å². The third-order valence-electron chi connectivity index (χ3n) is 2.74. The number of rotatable bonds is 3. The van der Waals surface area contributed by atoms with Crippen LogP contribution in [-0.4, -0.2) is 35.7 Å². The summed E-state index contributed by atoms with van der Waals surface area (Å²) in [6, 6.07) is -0.358. The zero-order chi connectivity index (χ0) is 12.5. The zero-order valence-electron chi connectivity index (χ0n) is 9.64. The molecular weight excluding hydrogens is 221 g/mol. The van der Waals surface area contributed by atoms with Crippen molar-refractivity contribution in [2.45, 2.75) is 45.6 Å². The van der Waals surface area contributed by atoms with E-state index >= 15 is 0 Å². The molecule has 2 atom stereocenters. The first-order chi connectivity index (χ1) is 7.22. The van der Waals surface area contributed by atoms with Crippen molar-refractivity contribution in [1.29, 1.82) is 0 Å². The van der Waals surface area contributed by atoms with E-state index < -0.39 is 12.6 Å². The van der Waals surface area contributed by atoms with Crippen LogP contribution in [0, 0.1) is 5.92 Å². The summed E-state index contributed by atoms with van der Waals surface area (Å²) in [4.78, 5) is 13.0. The van der Waals surface area contributed by atoms with Crippen molar-refractivity contribution in [1.82, 2.24) is 10.2 Å². The Hall–Kier alpha value is -0.780. The van der Waals surface area contributed by atoms with Crippen LogP contribution in [0.3, 0.4) is 0 Å². The normalized spacial score (nSPS) is 26.9. The summed E-state index contributed by atoms with van der Waals surface area (Å²) in [6.07, 6.45) is -5.48. The summed E-state index contributed by atoms with van der Waals surface area (Å²) in [5.74, 6) is -0.141. The van der Waals surface area contributed by atoms with Gasteiger partial charge in [0.2, 0.25) is 5.91 Å². The van der Waals surface area contributed by atoms with Crippen molar-refractivity contribution >= 4 is 5.91 Å². The summed E-state index contributed by atoms with van der Waals surface area (Å²) in [5.41, 5.74) is 0. The van der Waals surface area contributed by atoms with Crippen molar-refractivity contribution in [2.75, 3.05) is 6.54 Å². The zero-order valence-corrected chi connectivity index (χ0v) is 9.64. The predicted molar refractivity (Wildman–Crippen MR) is 53.6 cm³/mol. The average Bonchev–Trinajstić information content (AvgIpc) is 2.38. The van der Waals surface area contributed by atoms with Gasteiger partial charge in [0, 0.05) is 6.54 Å². The van der Waals surface area contributed by atoms with E-state index in [9.17, 15) is 18.0 Å². The Balaban J connectivity index is 2.58. The predicted octanol–water partition coefficient (Wildman–Crippen LogP) is 1.74. The maximum absolute atomic E-state index is 12.1. The van der Waals surface area contributed by atoms with Crippen LogP contribution < -0.4 is 5.32 Å². The first-order valence-corrected chi connectivity index (χ1v) is 5.35. The molecule has 0 radical (unpaired) electrons. The van der Waals surface area contributed by atoms with Gasteiger partial charge in [0.1, 0.15) is 0 Å². The van der Waals surface area contributed by atoms with Crippen LogP contribution in [0.5, 0.6) is 0 Å². The van der Waals surface area contributed by atoms with Crippen molar-refractivity contribution in [3.63, 3.8) is 0 Å². The van der Waals surface area contributed by atoms with Gasteiger partial charge in [0.05, 0.1) is 18.6 Å². The Kier molecular flexibility index (Phi) is 3.83. The van der Waals surface area contributed by atoms with Gasteiger partial charge in [-0.3, -0.25) is 10.1 Å². The molecule has 1 aliphatic rings. The molecule has 0 aromatic rings. The molecule has 6 heteroatoms. The fraction of sp³-hybridized carbons (Fsp3) is 0.900. The van der Waals surface area contributed by atoms with Crippen LogP contribution >= 0.6 is 0 Å². The molecule has 0 aromatic heterocycles. The maximum Gasteiger partial charge on any atom is 0.390 e. The maximum atomic E-state index is 12.1. The average molecular weight is 238 g/mol. The van der Waals surface area contributed by atoms with Crippen LogP contribution in [-0.2, 0) is 4.79 Å². The molecule has 0 spiro atoms. The largest absolute Gasteiger partial charge is 0.390 e. The van der Waals surface area contributed by atoms with Gasteiger partial charge < -0.3 is 4.90 Å². The van der Waals surface area contributed by atoms with Gasteiger partial charge in [0.15, 0.2) is 0 Å². The Labute approximate surface area is 93.0 Å². The van der Waals surface area contributed by atoms with Gasteiger partial charge in [-0.05, 0) is 12.8 Å². The van der Waals surface area contributed by atoms with Crippen LogP contribution in [0.15, 0.2) is 0 Å². The third kappa shape index (κ3) is 3.10. The molecule has 1 rings (SSSR count). The molecule has 1 saturated heterocycles. The van der Waals surface area contributed by atoms with E-state index in [0.717, 1.165) is 0 Å². The second-order valence-electron chi connectivity index (χ2n) is 4.46. The minimum atomic E-state index is -4.21. The summed E-state index contributed by atoms with van der Waals surface area (Å²) >= 11 is 0. The van der Waals surface area contributed by atoms with Crippen molar-refractivity contribution in [2.24, 2.45) is 5.92 Å². The standard InChI is InChI=1S/C10H17F3N2O/c1-6(2)8-9(16)15(7(3)14-8)5-4-10(11,12)13/h6-8,14H,4-5H2,1-3H3. The van der Waals surface area contributed by atoms with Gasteiger partial charge in [-0.2, -0.15) is 13.2 Å². The Morgan fingerprint density at radius 2 is 2.00 bits per heavy atom. The molecule has 0 bridgehead atoms. The third-order valence-corrected chi connectivity index (χ3v) is 2.74. The molecule has 1 aliphatic heterocycles. The molecule has 0 saturated carbocycles. The molecule has 1 fully saturated rings. The highest BCUT2D eigenvalue weighted by Gasteiger charge is 2.39. The SMILES string of the molecule is CC(C)C1NC(C)N(CCC(F)(F)F)C1=O. The molecule has 1 N–H and O–H groups in total. The van der Waals surface area contributed by atoms with Crippen molar-refractivity contribution in [3.8, 4) is 0 Å². The molecule has 16 heavy (non-hydrogen) atoms. The first kappa shape index (κ1) is 13.3. The van der Waals surface area contributed by atoms with E-state index in [1.54, 1.807) is 6.92 Å². The minimum absolute atomic E-state index is 0.0887. The Morgan fingerprint density at radius 1 is 1.44 bits per heavy atom. The number of nitrogens with zero attached hydrogens (tertiary/aromatic N) is 1. The molecule has 0 aromatic carbocycles. The number of hydrogen-bond acceptors (Lipinski definition) is 2. The lowest BCUT2D eigenvalue weighted by Crippen LogP contribution is -2.37. The number of alkyl halides is 3.